The van der Waals surface area contributed by atoms with E-state index in [0.717, 1.165) is 15.6 Å². The van der Waals surface area contributed by atoms with E-state index in [9.17, 15) is 8.42 Å². The minimum absolute atomic E-state index is 0.230. The summed E-state index contributed by atoms with van der Waals surface area (Å²) in [5.41, 5.74) is 1.21. The first kappa shape index (κ1) is 18.0. The van der Waals surface area contributed by atoms with Gasteiger partial charge >= 0.3 is 0 Å². The summed E-state index contributed by atoms with van der Waals surface area (Å²) in [6.45, 7) is 0.320. The van der Waals surface area contributed by atoms with Gasteiger partial charge in [-0.3, -0.25) is 4.72 Å². The molecule has 0 bridgehead atoms. The number of methoxy groups -OCH3 is 2. The zero-order valence-electron chi connectivity index (χ0n) is 13.6. The molecule has 0 saturated heterocycles. The standard InChI is InChI=1S/C17H16ClNO4S2/c1-22-10-12-8-14(4-5-15(12)23-2)19-25(20,21)17-9-11-7-13(18)3-6-16(11)24-17/h3-9,19H,10H2,1-2H3. The molecule has 0 aliphatic carbocycles. The van der Waals surface area contributed by atoms with Crippen LogP contribution in [0.3, 0.4) is 0 Å². The van der Waals surface area contributed by atoms with Gasteiger partial charge in [0.2, 0.25) is 0 Å². The maximum atomic E-state index is 12.7. The fraction of sp³-hybridized carbons (Fsp3) is 0.176. The summed E-state index contributed by atoms with van der Waals surface area (Å²) in [5, 5.41) is 1.37. The highest BCUT2D eigenvalue weighted by molar-refractivity contribution is 7.94. The molecule has 0 atom stereocenters. The van der Waals surface area contributed by atoms with Crippen molar-refractivity contribution in [2.45, 2.75) is 10.8 Å². The van der Waals surface area contributed by atoms with Gasteiger partial charge in [0.05, 0.1) is 13.7 Å². The summed E-state index contributed by atoms with van der Waals surface area (Å²) in [6, 6.07) is 12.0. The molecule has 0 unspecified atom stereocenters. The molecule has 0 amide bonds. The van der Waals surface area contributed by atoms with Crippen molar-refractivity contribution >= 4 is 48.7 Å². The zero-order valence-corrected chi connectivity index (χ0v) is 16.0. The molecule has 0 spiro atoms. The second-order valence-electron chi connectivity index (χ2n) is 5.31. The van der Waals surface area contributed by atoms with Gasteiger partial charge in [-0.2, -0.15) is 0 Å². The van der Waals surface area contributed by atoms with Crippen LogP contribution in [0, 0.1) is 0 Å². The third kappa shape index (κ3) is 3.90. The average molecular weight is 398 g/mol. The first-order valence-corrected chi connectivity index (χ1v) is 9.98. The first-order chi connectivity index (χ1) is 11.9. The van der Waals surface area contributed by atoms with Crippen LogP contribution in [0.4, 0.5) is 5.69 Å². The van der Waals surface area contributed by atoms with Crippen molar-refractivity contribution in [1.29, 1.82) is 0 Å². The van der Waals surface area contributed by atoms with Gasteiger partial charge < -0.3 is 9.47 Å². The van der Waals surface area contributed by atoms with E-state index in [1.807, 2.05) is 6.07 Å². The second kappa shape index (κ2) is 7.21. The van der Waals surface area contributed by atoms with Crippen molar-refractivity contribution in [2.24, 2.45) is 0 Å². The van der Waals surface area contributed by atoms with Gasteiger partial charge in [0, 0.05) is 28.1 Å². The van der Waals surface area contributed by atoms with Crippen molar-refractivity contribution in [1.82, 2.24) is 0 Å². The number of hydrogen-bond acceptors (Lipinski definition) is 5. The molecule has 5 nitrogen and oxygen atoms in total. The second-order valence-corrected chi connectivity index (χ2v) is 8.74. The van der Waals surface area contributed by atoms with Crippen molar-refractivity contribution in [3.05, 3.63) is 53.1 Å². The van der Waals surface area contributed by atoms with Gasteiger partial charge in [-0.15, -0.1) is 11.3 Å². The largest absolute Gasteiger partial charge is 0.496 e. The maximum absolute atomic E-state index is 12.7. The molecule has 1 aromatic heterocycles. The molecule has 0 aliphatic rings. The molecule has 3 rings (SSSR count). The van der Waals surface area contributed by atoms with Crippen LogP contribution in [0.1, 0.15) is 5.56 Å². The third-order valence-corrected chi connectivity index (χ3v) is 6.76. The van der Waals surface area contributed by atoms with E-state index in [1.54, 1.807) is 50.6 Å². The summed E-state index contributed by atoms with van der Waals surface area (Å²) in [7, 11) is -0.571. The average Bonchev–Trinajstić information content (AvgIpc) is 2.99. The number of thiophene rings is 1. The molecule has 0 radical (unpaired) electrons. The fourth-order valence-electron chi connectivity index (χ4n) is 2.44. The Morgan fingerprint density at radius 3 is 2.64 bits per heavy atom. The molecule has 1 N–H and O–H groups in total. The molecule has 1 heterocycles. The van der Waals surface area contributed by atoms with Gasteiger partial charge in [0.25, 0.3) is 10.0 Å². The highest BCUT2D eigenvalue weighted by Gasteiger charge is 2.18. The van der Waals surface area contributed by atoms with E-state index in [0.29, 0.717) is 23.1 Å². The number of rotatable bonds is 6. The Morgan fingerprint density at radius 2 is 1.92 bits per heavy atom. The van der Waals surface area contributed by atoms with Gasteiger partial charge in [0.1, 0.15) is 9.96 Å². The molecular formula is C17H16ClNO4S2. The Morgan fingerprint density at radius 1 is 1.12 bits per heavy atom. The lowest BCUT2D eigenvalue weighted by Gasteiger charge is -2.11. The summed E-state index contributed by atoms with van der Waals surface area (Å²) in [5.74, 6) is 0.640. The highest BCUT2D eigenvalue weighted by Crippen LogP contribution is 2.32. The number of benzene rings is 2. The molecular weight excluding hydrogens is 382 g/mol. The van der Waals surface area contributed by atoms with Gasteiger partial charge in [-0.05, 0) is 47.9 Å². The van der Waals surface area contributed by atoms with Gasteiger partial charge in [0.15, 0.2) is 0 Å². The number of hydrogen-bond donors (Lipinski definition) is 1. The minimum atomic E-state index is -3.70. The molecule has 132 valence electrons. The molecule has 3 aromatic rings. The number of halogens is 1. The van der Waals surface area contributed by atoms with Crippen molar-refractivity contribution in [3.8, 4) is 5.75 Å². The van der Waals surface area contributed by atoms with E-state index >= 15 is 0 Å². The predicted molar refractivity (Wildman–Crippen MR) is 101 cm³/mol. The summed E-state index contributed by atoms with van der Waals surface area (Å²) >= 11 is 7.16. The normalized spacial score (nSPS) is 11.6. The lowest BCUT2D eigenvalue weighted by atomic mass is 10.2. The monoisotopic (exact) mass is 397 g/mol. The molecule has 0 aliphatic heterocycles. The van der Waals surface area contributed by atoms with Crippen LogP contribution >= 0.6 is 22.9 Å². The van der Waals surface area contributed by atoms with E-state index in [2.05, 4.69) is 4.72 Å². The molecule has 25 heavy (non-hydrogen) atoms. The van der Waals surface area contributed by atoms with Crippen LogP contribution in [0.2, 0.25) is 5.02 Å². The Hall–Kier alpha value is -1.80. The Bertz CT molecular complexity index is 1010. The SMILES string of the molecule is COCc1cc(NS(=O)(=O)c2cc3cc(Cl)ccc3s2)ccc1OC. The topological polar surface area (TPSA) is 64.6 Å². The number of fused-ring (bicyclic) bond motifs is 1. The lowest BCUT2D eigenvalue weighted by Crippen LogP contribution is -2.11. The van der Waals surface area contributed by atoms with E-state index in [-0.39, 0.29) is 4.21 Å². The van der Waals surface area contributed by atoms with Crippen LogP contribution in [-0.2, 0) is 21.4 Å². The van der Waals surface area contributed by atoms with E-state index < -0.39 is 10.0 Å². The molecule has 0 saturated carbocycles. The van der Waals surface area contributed by atoms with Crippen molar-refractivity contribution < 1.29 is 17.9 Å². The fourth-order valence-corrected chi connectivity index (χ4v) is 5.05. The first-order valence-electron chi connectivity index (χ1n) is 7.31. The lowest BCUT2D eigenvalue weighted by molar-refractivity contribution is 0.181. The van der Waals surface area contributed by atoms with Gasteiger partial charge in [-0.25, -0.2) is 8.42 Å². The number of ether oxygens (including phenoxy) is 2. The van der Waals surface area contributed by atoms with Crippen LogP contribution in [0.15, 0.2) is 46.7 Å². The molecule has 2 aromatic carbocycles. The predicted octanol–water partition coefficient (Wildman–Crippen LogP) is 4.51. The number of sulfonamides is 1. The van der Waals surface area contributed by atoms with Crippen LogP contribution in [0.5, 0.6) is 5.75 Å². The number of nitrogens with one attached hydrogen (secondary N) is 1. The maximum Gasteiger partial charge on any atom is 0.271 e. The van der Waals surface area contributed by atoms with E-state index in [1.165, 1.54) is 11.3 Å². The molecule has 0 fully saturated rings. The summed E-state index contributed by atoms with van der Waals surface area (Å²) in [6.07, 6.45) is 0. The summed E-state index contributed by atoms with van der Waals surface area (Å²) in [4.78, 5) is 0. The Kier molecular flexibility index (Phi) is 5.19. The highest BCUT2D eigenvalue weighted by atomic mass is 35.5. The Labute approximate surface area is 155 Å². The quantitative estimate of drug-likeness (QED) is 0.664. The van der Waals surface area contributed by atoms with Crippen molar-refractivity contribution in [3.63, 3.8) is 0 Å². The minimum Gasteiger partial charge on any atom is -0.496 e. The smallest absolute Gasteiger partial charge is 0.271 e. The molecule has 8 heteroatoms. The van der Waals surface area contributed by atoms with E-state index in [4.69, 9.17) is 21.1 Å². The van der Waals surface area contributed by atoms with Crippen molar-refractivity contribution in [2.75, 3.05) is 18.9 Å². The van der Waals surface area contributed by atoms with Crippen LogP contribution in [-0.4, -0.2) is 22.6 Å². The van der Waals surface area contributed by atoms with Crippen LogP contribution < -0.4 is 9.46 Å². The summed E-state index contributed by atoms with van der Waals surface area (Å²) < 4.78 is 39.4. The number of anilines is 1. The Balaban J connectivity index is 1.93. The van der Waals surface area contributed by atoms with Crippen LogP contribution in [0.25, 0.3) is 10.1 Å². The third-order valence-electron chi connectivity index (χ3n) is 3.55. The zero-order chi connectivity index (χ0) is 18.0. The van der Waals surface area contributed by atoms with Gasteiger partial charge in [-0.1, -0.05) is 11.6 Å².